The van der Waals surface area contributed by atoms with Gasteiger partial charge in [-0.05, 0) is 62.2 Å². The summed E-state index contributed by atoms with van der Waals surface area (Å²) in [7, 11) is 3.10. The van der Waals surface area contributed by atoms with E-state index in [-0.39, 0.29) is 24.4 Å². The number of rotatable bonds is 8. The fourth-order valence-corrected chi connectivity index (χ4v) is 5.26. The smallest absolute Gasteiger partial charge is 0.251 e. The number of benzene rings is 2. The highest BCUT2D eigenvalue weighted by atomic mass is 19.1. The van der Waals surface area contributed by atoms with Crippen molar-refractivity contribution >= 4 is 22.7 Å². The van der Waals surface area contributed by atoms with Crippen LogP contribution >= 0.6 is 0 Å². The molecule has 0 spiro atoms. The van der Waals surface area contributed by atoms with E-state index < -0.39 is 11.9 Å². The van der Waals surface area contributed by atoms with Gasteiger partial charge in [0.2, 0.25) is 0 Å². The first-order valence-electron chi connectivity index (χ1n) is 13.1. The number of halogens is 1. The van der Waals surface area contributed by atoms with Crippen LogP contribution in [0, 0.1) is 12.7 Å². The third-order valence-corrected chi connectivity index (χ3v) is 7.22. The van der Waals surface area contributed by atoms with Crippen molar-refractivity contribution in [3.8, 4) is 17.0 Å². The zero-order valence-electron chi connectivity index (χ0n) is 22.6. The SMILES string of the molecule is CNNC(=O)[C@@H]1CC[C@@H](NC(=O)c2ccc3[nH]nc(-c4ccnc(C)c4)c3c2)CN1Cc1c(F)cccc1OC. The van der Waals surface area contributed by atoms with Crippen molar-refractivity contribution in [2.24, 2.45) is 0 Å². The Balaban J connectivity index is 1.36. The van der Waals surface area contributed by atoms with Crippen molar-refractivity contribution in [3.05, 3.63) is 77.4 Å². The molecule has 2 aromatic carbocycles. The Hall–Kier alpha value is -4.35. The molecule has 2 atom stereocenters. The average molecular weight is 546 g/mol. The molecule has 0 bridgehead atoms. The van der Waals surface area contributed by atoms with Crippen LogP contribution in [-0.2, 0) is 11.3 Å². The van der Waals surface area contributed by atoms with E-state index in [1.165, 1.54) is 13.2 Å². The number of ether oxygens (including phenoxy) is 1. The van der Waals surface area contributed by atoms with Gasteiger partial charge in [0.05, 0.1) is 18.7 Å². The molecule has 0 unspecified atom stereocenters. The quantitative estimate of drug-likeness (QED) is 0.251. The number of carbonyl (C=O) groups is 2. The molecule has 3 heterocycles. The van der Waals surface area contributed by atoms with E-state index in [2.05, 4.69) is 31.3 Å². The molecule has 208 valence electrons. The van der Waals surface area contributed by atoms with Crippen LogP contribution < -0.4 is 20.9 Å². The monoisotopic (exact) mass is 545 g/mol. The first kappa shape index (κ1) is 27.2. The van der Waals surface area contributed by atoms with Crippen molar-refractivity contribution < 1.29 is 18.7 Å². The summed E-state index contributed by atoms with van der Waals surface area (Å²) in [5.41, 5.74) is 9.53. The summed E-state index contributed by atoms with van der Waals surface area (Å²) >= 11 is 0. The summed E-state index contributed by atoms with van der Waals surface area (Å²) < 4.78 is 20.2. The molecule has 4 N–H and O–H groups in total. The zero-order valence-corrected chi connectivity index (χ0v) is 22.6. The maximum Gasteiger partial charge on any atom is 0.251 e. The zero-order chi connectivity index (χ0) is 28.2. The molecule has 1 fully saturated rings. The van der Waals surface area contributed by atoms with Crippen molar-refractivity contribution in [2.75, 3.05) is 20.7 Å². The van der Waals surface area contributed by atoms with E-state index in [9.17, 15) is 14.0 Å². The topological polar surface area (TPSA) is 124 Å². The van der Waals surface area contributed by atoms with Gasteiger partial charge < -0.3 is 10.1 Å². The van der Waals surface area contributed by atoms with Crippen LogP contribution in [-0.4, -0.2) is 64.7 Å². The lowest BCUT2D eigenvalue weighted by molar-refractivity contribution is -0.129. The molecule has 1 aliphatic rings. The molecular weight excluding hydrogens is 513 g/mol. The third-order valence-electron chi connectivity index (χ3n) is 7.22. The number of aromatic nitrogens is 3. The number of H-pyrrole nitrogens is 1. The van der Waals surface area contributed by atoms with E-state index in [0.717, 1.165) is 27.9 Å². The molecule has 40 heavy (non-hydrogen) atoms. The van der Waals surface area contributed by atoms with Crippen LogP contribution in [0.3, 0.4) is 0 Å². The molecular formula is C29H32FN7O3. The lowest BCUT2D eigenvalue weighted by Gasteiger charge is -2.39. The number of aryl methyl sites for hydroxylation is 1. The Labute approximate surface area is 231 Å². The molecule has 10 nitrogen and oxygen atoms in total. The molecule has 4 aromatic rings. The number of carbonyl (C=O) groups excluding carboxylic acids is 2. The third kappa shape index (κ3) is 5.65. The number of hydrogen-bond acceptors (Lipinski definition) is 7. The van der Waals surface area contributed by atoms with E-state index >= 15 is 0 Å². The van der Waals surface area contributed by atoms with Gasteiger partial charge in [0.25, 0.3) is 11.8 Å². The number of likely N-dealkylation sites (tertiary alicyclic amines) is 1. The summed E-state index contributed by atoms with van der Waals surface area (Å²) in [5, 5.41) is 11.4. The van der Waals surface area contributed by atoms with Crippen LogP contribution in [0.25, 0.3) is 22.2 Å². The second kappa shape index (κ2) is 11.8. The maximum atomic E-state index is 14.8. The Morgan fingerprint density at radius 2 is 2.02 bits per heavy atom. The minimum atomic E-state index is -0.501. The van der Waals surface area contributed by atoms with Crippen LogP contribution in [0.5, 0.6) is 5.75 Å². The summed E-state index contributed by atoms with van der Waals surface area (Å²) in [4.78, 5) is 32.3. The predicted octanol–water partition coefficient (Wildman–Crippen LogP) is 3.09. The summed E-state index contributed by atoms with van der Waals surface area (Å²) in [6, 6.07) is 13.2. The minimum absolute atomic E-state index is 0.152. The Bertz CT molecular complexity index is 1540. The highest BCUT2D eigenvalue weighted by molar-refractivity contribution is 6.01. The Morgan fingerprint density at radius 1 is 1.18 bits per heavy atom. The van der Waals surface area contributed by atoms with Crippen molar-refractivity contribution in [1.82, 2.24) is 36.2 Å². The average Bonchev–Trinajstić information content (AvgIpc) is 3.38. The number of hydrogen-bond donors (Lipinski definition) is 4. The van der Waals surface area contributed by atoms with Crippen LogP contribution in [0.15, 0.2) is 54.7 Å². The molecule has 0 radical (unpaired) electrons. The first-order chi connectivity index (χ1) is 19.4. The van der Waals surface area contributed by atoms with Crippen molar-refractivity contribution in [2.45, 2.75) is 38.4 Å². The fraction of sp³-hybridized carbons (Fsp3) is 0.310. The van der Waals surface area contributed by atoms with Gasteiger partial charge in [0.15, 0.2) is 0 Å². The summed E-state index contributed by atoms with van der Waals surface area (Å²) in [6.07, 6.45) is 2.81. The van der Waals surface area contributed by atoms with Crippen molar-refractivity contribution in [3.63, 3.8) is 0 Å². The molecule has 5 rings (SSSR count). The molecule has 1 saturated heterocycles. The van der Waals surface area contributed by atoms with Gasteiger partial charge in [-0.2, -0.15) is 5.10 Å². The molecule has 0 aliphatic carbocycles. The Morgan fingerprint density at radius 3 is 2.80 bits per heavy atom. The van der Waals surface area contributed by atoms with Gasteiger partial charge in [0, 0.05) is 60.1 Å². The summed E-state index contributed by atoms with van der Waals surface area (Å²) in [6.45, 7) is 2.43. The number of nitrogens with one attached hydrogen (secondary N) is 4. The maximum absolute atomic E-state index is 14.8. The number of amides is 2. The first-order valence-corrected chi connectivity index (χ1v) is 13.1. The second-order valence-electron chi connectivity index (χ2n) is 9.87. The van der Waals surface area contributed by atoms with Crippen LogP contribution in [0.2, 0.25) is 0 Å². The molecule has 0 saturated carbocycles. The van der Waals surface area contributed by atoms with Gasteiger partial charge in [-0.1, -0.05) is 6.07 Å². The molecule has 2 aromatic heterocycles. The molecule has 11 heteroatoms. The lowest BCUT2D eigenvalue weighted by atomic mass is 9.96. The number of methoxy groups -OCH3 is 1. The number of pyridine rings is 1. The number of nitrogens with zero attached hydrogens (tertiary/aromatic N) is 3. The summed E-state index contributed by atoms with van der Waals surface area (Å²) in [5.74, 6) is -0.446. The van der Waals surface area contributed by atoms with E-state index in [4.69, 9.17) is 4.74 Å². The van der Waals surface area contributed by atoms with Crippen LogP contribution in [0.4, 0.5) is 4.39 Å². The number of aromatic amines is 1. The fourth-order valence-electron chi connectivity index (χ4n) is 5.26. The van der Waals surface area contributed by atoms with E-state index in [1.807, 2.05) is 36.1 Å². The minimum Gasteiger partial charge on any atom is -0.496 e. The normalized spacial score (nSPS) is 17.5. The van der Waals surface area contributed by atoms with Gasteiger partial charge in [-0.25, -0.2) is 9.82 Å². The highest BCUT2D eigenvalue weighted by Crippen LogP contribution is 2.29. The number of hydrazine groups is 1. The van der Waals surface area contributed by atoms with Gasteiger partial charge >= 0.3 is 0 Å². The number of piperidine rings is 1. The van der Waals surface area contributed by atoms with Crippen LogP contribution in [0.1, 0.15) is 34.5 Å². The Kier molecular flexibility index (Phi) is 8.04. The highest BCUT2D eigenvalue weighted by Gasteiger charge is 2.34. The lowest BCUT2D eigenvalue weighted by Crippen LogP contribution is -2.57. The number of fused-ring (bicyclic) bond motifs is 1. The molecule has 2 amide bonds. The molecule has 1 aliphatic heterocycles. The largest absolute Gasteiger partial charge is 0.496 e. The van der Waals surface area contributed by atoms with Gasteiger partial charge in [0.1, 0.15) is 17.3 Å². The standard InChI is InChI=1S/C29H32FN7O3/c1-17-13-18(11-12-32-17)27-21-14-19(7-9-24(21)34-35-27)28(38)33-20-8-10-25(29(39)36-31-2)37(15-20)16-22-23(30)5-4-6-26(22)40-3/h4-7,9,11-14,20,25,31H,8,10,15-16H2,1-3H3,(H,33,38)(H,34,35)(H,36,39)/t20-,25+/m1/s1. The van der Waals surface area contributed by atoms with E-state index in [1.54, 1.807) is 31.4 Å². The second-order valence-corrected chi connectivity index (χ2v) is 9.87. The van der Waals surface area contributed by atoms with E-state index in [0.29, 0.717) is 36.3 Å². The van der Waals surface area contributed by atoms with Gasteiger partial charge in [-0.15, -0.1) is 0 Å². The van der Waals surface area contributed by atoms with Gasteiger partial charge in [-0.3, -0.25) is 30.0 Å². The predicted molar refractivity (Wildman–Crippen MR) is 149 cm³/mol. The van der Waals surface area contributed by atoms with Crippen molar-refractivity contribution in [1.29, 1.82) is 0 Å².